The predicted octanol–water partition coefficient (Wildman–Crippen LogP) is 2.73. The molecule has 0 radical (unpaired) electrons. The van der Waals surface area contributed by atoms with Gasteiger partial charge in [0.1, 0.15) is 5.75 Å². The van der Waals surface area contributed by atoms with Crippen molar-refractivity contribution in [3.63, 3.8) is 0 Å². The first-order chi connectivity index (χ1) is 11.8. The van der Waals surface area contributed by atoms with Gasteiger partial charge in [-0.1, -0.05) is 18.2 Å². The second-order valence-corrected chi connectivity index (χ2v) is 7.44. The molecule has 0 aliphatic carbocycles. The number of anilines is 1. The normalized spacial score (nSPS) is 11.0. The first-order valence-corrected chi connectivity index (χ1v) is 9.72. The van der Waals surface area contributed by atoms with Crippen LogP contribution < -0.4 is 9.46 Å². The Hall–Kier alpha value is -2.54. The summed E-state index contributed by atoms with van der Waals surface area (Å²) in [5.74, 6) is 0.603. The molecule has 0 aliphatic heterocycles. The number of sulfonamides is 1. The Morgan fingerprint density at radius 1 is 1.16 bits per heavy atom. The van der Waals surface area contributed by atoms with E-state index in [9.17, 15) is 13.2 Å². The third kappa shape index (κ3) is 5.79. The van der Waals surface area contributed by atoms with E-state index in [1.807, 2.05) is 31.2 Å². The van der Waals surface area contributed by atoms with Gasteiger partial charge in [0.15, 0.2) is 0 Å². The molecule has 2 aromatic carbocycles. The average molecular weight is 362 g/mol. The Bertz CT molecular complexity index is 832. The second-order valence-electron chi connectivity index (χ2n) is 5.69. The molecule has 0 unspecified atom stereocenters. The minimum Gasteiger partial charge on any atom is -0.494 e. The molecular weight excluding hydrogens is 340 g/mol. The monoisotopic (exact) mass is 362 g/mol. The predicted molar refractivity (Wildman–Crippen MR) is 98.3 cm³/mol. The molecular formula is C18H22N2O4S. The van der Waals surface area contributed by atoms with E-state index in [0.717, 1.165) is 17.6 Å². The lowest BCUT2D eigenvalue weighted by atomic mass is 10.1. The lowest BCUT2D eigenvalue weighted by Crippen LogP contribution is -2.26. The smallest absolute Gasteiger partial charge is 0.253 e. The van der Waals surface area contributed by atoms with Crippen molar-refractivity contribution in [2.45, 2.75) is 13.5 Å². The van der Waals surface area contributed by atoms with Gasteiger partial charge in [-0.25, -0.2) is 8.42 Å². The van der Waals surface area contributed by atoms with E-state index in [2.05, 4.69) is 4.72 Å². The summed E-state index contributed by atoms with van der Waals surface area (Å²) in [6.07, 6.45) is 1.07. The highest BCUT2D eigenvalue weighted by molar-refractivity contribution is 7.92. The highest BCUT2D eigenvalue weighted by Crippen LogP contribution is 2.16. The largest absolute Gasteiger partial charge is 0.494 e. The van der Waals surface area contributed by atoms with E-state index >= 15 is 0 Å². The van der Waals surface area contributed by atoms with Crippen LogP contribution in [0.3, 0.4) is 0 Å². The number of nitrogens with zero attached hydrogens (tertiary/aromatic N) is 1. The van der Waals surface area contributed by atoms with Gasteiger partial charge in [-0.2, -0.15) is 0 Å². The maximum absolute atomic E-state index is 12.6. The number of rotatable bonds is 7. The summed E-state index contributed by atoms with van der Waals surface area (Å²) in [4.78, 5) is 14.1. The fourth-order valence-electron chi connectivity index (χ4n) is 2.35. The summed E-state index contributed by atoms with van der Waals surface area (Å²) in [5, 5.41) is 0. The highest BCUT2D eigenvalue weighted by atomic mass is 32.2. The van der Waals surface area contributed by atoms with Gasteiger partial charge >= 0.3 is 0 Å². The molecule has 0 fully saturated rings. The van der Waals surface area contributed by atoms with Gasteiger partial charge in [-0.15, -0.1) is 0 Å². The van der Waals surface area contributed by atoms with Crippen molar-refractivity contribution < 1.29 is 17.9 Å². The zero-order valence-electron chi connectivity index (χ0n) is 14.5. The molecule has 25 heavy (non-hydrogen) atoms. The summed E-state index contributed by atoms with van der Waals surface area (Å²) in [7, 11) is -1.68. The molecule has 2 aromatic rings. The number of benzene rings is 2. The first-order valence-electron chi connectivity index (χ1n) is 7.83. The van der Waals surface area contributed by atoms with E-state index in [1.54, 1.807) is 30.1 Å². The number of ether oxygens (including phenoxy) is 1. The summed E-state index contributed by atoms with van der Waals surface area (Å²) in [6.45, 7) is 2.97. The Morgan fingerprint density at radius 2 is 1.84 bits per heavy atom. The van der Waals surface area contributed by atoms with Gasteiger partial charge in [-0.3, -0.25) is 9.52 Å². The van der Waals surface area contributed by atoms with Crippen molar-refractivity contribution in [3.05, 3.63) is 59.7 Å². The third-order valence-electron chi connectivity index (χ3n) is 3.41. The Balaban J connectivity index is 2.07. The van der Waals surface area contributed by atoms with Crippen molar-refractivity contribution in [2.75, 3.05) is 24.6 Å². The molecule has 1 N–H and O–H groups in total. The maximum Gasteiger partial charge on any atom is 0.253 e. The molecule has 0 atom stereocenters. The molecule has 0 saturated heterocycles. The standard InChI is InChI=1S/C18H22N2O4S/c1-4-24-17-10-8-14(9-11-17)13-20(2)18(21)15-6-5-7-16(12-15)19-25(3,22)23/h5-12,19H,4,13H2,1-3H3. The molecule has 0 spiro atoms. The van der Waals surface area contributed by atoms with Crippen LogP contribution in [0.2, 0.25) is 0 Å². The Labute approximate surface area is 148 Å². The fraction of sp³-hybridized carbons (Fsp3) is 0.278. The number of amides is 1. The zero-order valence-corrected chi connectivity index (χ0v) is 15.3. The van der Waals surface area contributed by atoms with Gasteiger partial charge in [0.05, 0.1) is 12.9 Å². The van der Waals surface area contributed by atoms with Crippen LogP contribution in [0.5, 0.6) is 5.75 Å². The molecule has 1 amide bonds. The SMILES string of the molecule is CCOc1ccc(CN(C)C(=O)c2cccc(NS(C)(=O)=O)c2)cc1. The summed E-state index contributed by atoms with van der Waals surface area (Å²) in [6, 6.07) is 14.0. The van der Waals surface area contributed by atoms with Gasteiger partial charge in [0.25, 0.3) is 5.91 Å². The Morgan fingerprint density at radius 3 is 2.44 bits per heavy atom. The number of hydrogen-bond acceptors (Lipinski definition) is 4. The van der Waals surface area contributed by atoms with Crippen molar-refractivity contribution in [1.29, 1.82) is 0 Å². The van der Waals surface area contributed by atoms with Crippen LogP contribution in [-0.2, 0) is 16.6 Å². The van der Waals surface area contributed by atoms with Crippen LogP contribution >= 0.6 is 0 Å². The average Bonchev–Trinajstić information content (AvgIpc) is 2.55. The van der Waals surface area contributed by atoms with Crippen molar-refractivity contribution in [3.8, 4) is 5.75 Å². The molecule has 0 aliphatic rings. The van der Waals surface area contributed by atoms with Crippen LogP contribution in [-0.4, -0.2) is 39.1 Å². The molecule has 2 rings (SSSR count). The van der Waals surface area contributed by atoms with Crippen molar-refractivity contribution in [2.24, 2.45) is 0 Å². The highest BCUT2D eigenvalue weighted by Gasteiger charge is 2.13. The second kappa shape index (κ2) is 8.02. The number of nitrogens with one attached hydrogen (secondary N) is 1. The first kappa shape index (κ1) is 18.8. The van der Waals surface area contributed by atoms with Gasteiger partial charge < -0.3 is 9.64 Å². The van der Waals surface area contributed by atoms with E-state index in [-0.39, 0.29) is 5.91 Å². The molecule has 0 bridgehead atoms. The minimum atomic E-state index is -3.38. The third-order valence-corrected chi connectivity index (χ3v) is 4.02. The summed E-state index contributed by atoms with van der Waals surface area (Å²) in [5.41, 5.74) is 1.76. The van der Waals surface area contributed by atoms with E-state index in [1.165, 1.54) is 6.07 Å². The molecule has 0 heterocycles. The fourth-order valence-corrected chi connectivity index (χ4v) is 2.91. The topological polar surface area (TPSA) is 75.7 Å². The van der Waals surface area contributed by atoms with E-state index < -0.39 is 10.0 Å². The van der Waals surface area contributed by atoms with Gasteiger partial charge in [0, 0.05) is 24.8 Å². The van der Waals surface area contributed by atoms with Gasteiger partial charge in [-0.05, 0) is 42.8 Å². The summed E-state index contributed by atoms with van der Waals surface area (Å²) < 4.78 is 30.4. The van der Waals surface area contributed by atoms with E-state index in [0.29, 0.717) is 24.4 Å². The summed E-state index contributed by atoms with van der Waals surface area (Å²) >= 11 is 0. The molecule has 134 valence electrons. The molecule has 0 saturated carbocycles. The number of carbonyl (C=O) groups is 1. The van der Waals surface area contributed by atoms with Crippen molar-refractivity contribution in [1.82, 2.24) is 4.90 Å². The number of carbonyl (C=O) groups excluding carboxylic acids is 1. The maximum atomic E-state index is 12.6. The van der Waals surface area contributed by atoms with Crippen LogP contribution in [0.15, 0.2) is 48.5 Å². The molecule has 7 heteroatoms. The zero-order chi connectivity index (χ0) is 18.4. The van der Waals surface area contributed by atoms with Crippen LogP contribution in [0, 0.1) is 0 Å². The molecule has 6 nitrogen and oxygen atoms in total. The van der Waals surface area contributed by atoms with Gasteiger partial charge in [0.2, 0.25) is 10.0 Å². The quantitative estimate of drug-likeness (QED) is 0.822. The number of hydrogen-bond donors (Lipinski definition) is 1. The van der Waals surface area contributed by atoms with Crippen molar-refractivity contribution >= 4 is 21.6 Å². The van der Waals surface area contributed by atoms with E-state index in [4.69, 9.17) is 4.74 Å². The minimum absolute atomic E-state index is 0.189. The lowest BCUT2D eigenvalue weighted by Gasteiger charge is -2.18. The lowest BCUT2D eigenvalue weighted by molar-refractivity contribution is 0.0785. The van der Waals surface area contributed by atoms with Crippen LogP contribution in [0.4, 0.5) is 5.69 Å². The van der Waals surface area contributed by atoms with Crippen LogP contribution in [0.25, 0.3) is 0 Å². The Kier molecular flexibility index (Phi) is 6.03. The molecule has 0 aromatic heterocycles. The van der Waals surface area contributed by atoms with Crippen LogP contribution in [0.1, 0.15) is 22.8 Å².